The van der Waals surface area contributed by atoms with Gasteiger partial charge >= 0.3 is 11.9 Å². The van der Waals surface area contributed by atoms with Crippen LogP contribution in [0.25, 0.3) is 0 Å². The molecule has 1 saturated carbocycles. The van der Waals surface area contributed by atoms with Crippen LogP contribution in [0.4, 0.5) is 0 Å². The van der Waals surface area contributed by atoms with E-state index in [2.05, 4.69) is 0 Å². The van der Waals surface area contributed by atoms with Gasteiger partial charge in [0.25, 0.3) is 0 Å². The standard InChI is InChI=1S/C11H20N2O2S.C4H4O4/c12-10(8-3-1-2-4-9(8)14)11(15)13-5-6-16-7-13;5-3(6)1-2-4(7)8/h8-10,14H,1-7,12H2;1-2H,(H,5,6)(H,7,8)/b;2-1+/t8-,9+,10+;/m1./s1. The van der Waals surface area contributed by atoms with Gasteiger partial charge in [0.2, 0.25) is 5.91 Å². The maximum Gasteiger partial charge on any atom is 0.328 e. The molecule has 2 aliphatic rings. The quantitative estimate of drug-likeness (QED) is 0.518. The van der Waals surface area contributed by atoms with Crippen LogP contribution >= 0.6 is 11.8 Å². The van der Waals surface area contributed by atoms with E-state index in [4.69, 9.17) is 15.9 Å². The molecule has 3 atom stereocenters. The summed E-state index contributed by atoms with van der Waals surface area (Å²) in [5, 5.41) is 25.5. The van der Waals surface area contributed by atoms with Crippen molar-refractivity contribution in [1.29, 1.82) is 0 Å². The van der Waals surface area contributed by atoms with Gasteiger partial charge in [-0.2, -0.15) is 0 Å². The van der Waals surface area contributed by atoms with Gasteiger partial charge < -0.3 is 26.0 Å². The predicted molar refractivity (Wildman–Crippen MR) is 89.4 cm³/mol. The Morgan fingerprint density at radius 3 is 2.17 bits per heavy atom. The van der Waals surface area contributed by atoms with E-state index in [-0.39, 0.29) is 17.9 Å². The summed E-state index contributed by atoms with van der Waals surface area (Å²) < 4.78 is 0. The van der Waals surface area contributed by atoms with Gasteiger partial charge in [-0.05, 0) is 12.8 Å². The van der Waals surface area contributed by atoms with Crippen molar-refractivity contribution in [2.75, 3.05) is 18.2 Å². The van der Waals surface area contributed by atoms with Crippen LogP contribution in [0, 0.1) is 5.92 Å². The number of nitrogens with two attached hydrogens (primary N) is 1. The molecule has 0 radical (unpaired) electrons. The lowest BCUT2D eigenvalue weighted by atomic mass is 9.81. The van der Waals surface area contributed by atoms with Crippen LogP contribution in [-0.2, 0) is 14.4 Å². The van der Waals surface area contributed by atoms with Crippen molar-refractivity contribution in [1.82, 2.24) is 4.90 Å². The van der Waals surface area contributed by atoms with E-state index in [1.165, 1.54) is 0 Å². The number of carbonyl (C=O) groups is 3. The molecule has 1 amide bonds. The van der Waals surface area contributed by atoms with Gasteiger partial charge in [-0.3, -0.25) is 4.79 Å². The first-order valence-electron chi connectivity index (χ1n) is 7.77. The van der Waals surface area contributed by atoms with Gasteiger partial charge in [0.1, 0.15) is 0 Å². The van der Waals surface area contributed by atoms with Crippen molar-refractivity contribution >= 4 is 29.6 Å². The summed E-state index contributed by atoms with van der Waals surface area (Å²) in [6, 6.07) is -0.506. The summed E-state index contributed by atoms with van der Waals surface area (Å²) in [6.07, 6.45) is 4.54. The third-order valence-corrected chi connectivity index (χ3v) is 4.93. The molecular weight excluding hydrogens is 336 g/mol. The number of aliphatic hydroxyl groups excluding tert-OH is 1. The minimum atomic E-state index is -1.26. The first-order chi connectivity index (χ1) is 11.3. The van der Waals surface area contributed by atoms with Gasteiger partial charge in [0, 0.05) is 30.4 Å². The molecule has 136 valence electrons. The van der Waals surface area contributed by atoms with Gasteiger partial charge in [-0.15, -0.1) is 11.8 Å². The maximum atomic E-state index is 12.1. The van der Waals surface area contributed by atoms with Crippen LogP contribution in [0.1, 0.15) is 25.7 Å². The molecule has 0 bridgehead atoms. The molecule has 1 aliphatic heterocycles. The minimum absolute atomic E-state index is 0.0240. The Hall–Kier alpha value is -1.58. The number of aliphatic carboxylic acids is 2. The van der Waals surface area contributed by atoms with E-state index in [1.807, 2.05) is 4.90 Å². The van der Waals surface area contributed by atoms with Crippen LogP contribution in [0.3, 0.4) is 0 Å². The van der Waals surface area contributed by atoms with Crippen molar-refractivity contribution in [3.8, 4) is 0 Å². The van der Waals surface area contributed by atoms with Crippen molar-refractivity contribution < 1.29 is 29.7 Å². The topological polar surface area (TPSA) is 141 Å². The minimum Gasteiger partial charge on any atom is -0.478 e. The third kappa shape index (κ3) is 6.90. The Bertz CT molecular complexity index is 463. The fourth-order valence-electron chi connectivity index (χ4n) is 2.68. The Morgan fingerprint density at radius 2 is 1.71 bits per heavy atom. The Morgan fingerprint density at radius 1 is 1.12 bits per heavy atom. The van der Waals surface area contributed by atoms with Crippen molar-refractivity contribution in [3.63, 3.8) is 0 Å². The zero-order valence-corrected chi connectivity index (χ0v) is 14.2. The molecule has 0 aromatic carbocycles. The number of nitrogens with zero attached hydrogens (tertiary/aromatic N) is 1. The molecular formula is C15H24N2O6S. The number of carboxylic acid groups (broad SMARTS) is 2. The van der Waals surface area contributed by atoms with Crippen molar-refractivity contribution in [2.24, 2.45) is 11.7 Å². The first-order valence-corrected chi connectivity index (χ1v) is 8.92. The second kappa shape index (κ2) is 10.3. The molecule has 5 N–H and O–H groups in total. The summed E-state index contributed by atoms with van der Waals surface area (Å²) in [5.41, 5.74) is 6.00. The first kappa shape index (κ1) is 20.5. The largest absolute Gasteiger partial charge is 0.478 e. The van der Waals surface area contributed by atoms with Crippen LogP contribution in [0.5, 0.6) is 0 Å². The van der Waals surface area contributed by atoms with E-state index in [0.29, 0.717) is 12.2 Å². The second-order valence-corrected chi connectivity index (χ2v) is 6.76. The summed E-state index contributed by atoms with van der Waals surface area (Å²) in [5.74, 6) is -0.760. The molecule has 1 saturated heterocycles. The highest BCUT2D eigenvalue weighted by molar-refractivity contribution is 7.99. The van der Waals surface area contributed by atoms with Crippen molar-refractivity contribution in [3.05, 3.63) is 12.2 Å². The van der Waals surface area contributed by atoms with Gasteiger partial charge in [-0.25, -0.2) is 9.59 Å². The van der Waals surface area contributed by atoms with Crippen LogP contribution < -0.4 is 5.73 Å². The summed E-state index contributed by atoms with van der Waals surface area (Å²) in [4.78, 5) is 33.0. The number of carbonyl (C=O) groups excluding carboxylic acids is 1. The molecule has 8 nitrogen and oxygen atoms in total. The van der Waals surface area contributed by atoms with Crippen LogP contribution in [-0.4, -0.2) is 68.4 Å². The molecule has 24 heavy (non-hydrogen) atoms. The Balaban J connectivity index is 0.000000307. The van der Waals surface area contributed by atoms with E-state index < -0.39 is 18.0 Å². The zero-order chi connectivity index (χ0) is 18.1. The number of thioether (sulfide) groups is 1. The van der Waals surface area contributed by atoms with Crippen molar-refractivity contribution in [2.45, 2.75) is 37.8 Å². The van der Waals surface area contributed by atoms with Crippen LogP contribution in [0.15, 0.2) is 12.2 Å². The van der Waals surface area contributed by atoms with E-state index in [9.17, 15) is 19.5 Å². The highest BCUT2D eigenvalue weighted by atomic mass is 32.2. The number of carboxylic acids is 2. The molecule has 1 aliphatic carbocycles. The smallest absolute Gasteiger partial charge is 0.328 e. The predicted octanol–water partition coefficient (Wildman–Crippen LogP) is 0.110. The zero-order valence-electron chi connectivity index (χ0n) is 13.3. The Kier molecular flexibility index (Phi) is 8.80. The maximum absolute atomic E-state index is 12.1. The summed E-state index contributed by atoms with van der Waals surface area (Å²) in [7, 11) is 0. The number of aliphatic hydroxyl groups is 1. The normalized spacial score (nSPS) is 25.0. The summed E-state index contributed by atoms with van der Waals surface area (Å²) >= 11 is 1.76. The molecule has 2 fully saturated rings. The molecule has 0 aromatic rings. The average molecular weight is 360 g/mol. The average Bonchev–Trinajstić information content (AvgIpc) is 3.07. The van der Waals surface area contributed by atoms with E-state index >= 15 is 0 Å². The Labute approximate surface area is 144 Å². The molecule has 1 heterocycles. The summed E-state index contributed by atoms with van der Waals surface area (Å²) in [6.45, 7) is 0.806. The molecule has 0 unspecified atom stereocenters. The van der Waals surface area contributed by atoms with Gasteiger partial charge in [0.15, 0.2) is 0 Å². The third-order valence-electron chi connectivity index (χ3n) is 3.96. The number of hydrogen-bond acceptors (Lipinski definition) is 6. The number of amides is 1. The van der Waals surface area contributed by atoms with Gasteiger partial charge in [0.05, 0.1) is 18.0 Å². The van der Waals surface area contributed by atoms with Gasteiger partial charge in [-0.1, -0.05) is 12.8 Å². The fraction of sp³-hybridized carbons (Fsp3) is 0.667. The highest BCUT2D eigenvalue weighted by Gasteiger charge is 2.35. The molecule has 0 aromatic heterocycles. The lowest BCUT2D eigenvalue weighted by molar-refractivity contribution is -0.134. The van der Waals surface area contributed by atoms with E-state index in [0.717, 1.165) is 43.9 Å². The second-order valence-electron chi connectivity index (χ2n) is 5.69. The molecule has 0 spiro atoms. The SMILES string of the molecule is N[C@H](C(=O)N1CCSC1)[C@@H]1CCCC[C@@H]1O.O=C(O)/C=C/C(=O)O. The number of hydrogen-bond donors (Lipinski definition) is 4. The lowest BCUT2D eigenvalue weighted by Gasteiger charge is -2.33. The fourth-order valence-corrected chi connectivity index (χ4v) is 3.64. The lowest BCUT2D eigenvalue weighted by Crippen LogP contribution is -2.50. The highest BCUT2D eigenvalue weighted by Crippen LogP contribution is 2.27. The molecule has 2 rings (SSSR count). The monoisotopic (exact) mass is 360 g/mol. The van der Waals surface area contributed by atoms with E-state index in [1.54, 1.807) is 11.8 Å². The van der Waals surface area contributed by atoms with Crippen LogP contribution in [0.2, 0.25) is 0 Å². The molecule has 9 heteroatoms. The number of rotatable bonds is 4.